The summed E-state index contributed by atoms with van der Waals surface area (Å²) < 4.78 is 0. The van der Waals surface area contributed by atoms with Crippen LogP contribution < -0.4 is 0 Å². The number of hydrogen-bond donors (Lipinski definition) is 1. The van der Waals surface area contributed by atoms with Crippen molar-refractivity contribution in [1.29, 1.82) is 5.26 Å². The topological polar surface area (TPSA) is 64.3 Å². The SMILES string of the molecule is CCC(C#N)(CC)C(=O)N(C)CCO. The molecule has 0 heterocycles. The van der Waals surface area contributed by atoms with E-state index >= 15 is 0 Å². The standard InChI is InChI=1S/C10H18N2O2/c1-4-10(5-2,8-11)9(14)12(3)6-7-13/h13H,4-7H2,1-3H3. The summed E-state index contributed by atoms with van der Waals surface area (Å²) in [4.78, 5) is 13.3. The Morgan fingerprint density at radius 2 is 2.00 bits per heavy atom. The molecule has 0 aromatic rings. The van der Waals surface area contributed by atoms with Crippen molar-refractivity contribution < 1.29 is 9.90 Å². The van der Waals surface area contributed by atoms with Crippen molar-refractivity contribution in [3.63, 3.8) is 0 Å². The Hall–Kier alpha value is -1.08. The highest BCUT2D eigenvalue weighted by Crippen LogP contribution is 2.27. The molecule has 0 saturated heterocycles. The maximum Gasteiger partial charge on any atom is 0.242 e. The summed E-state index contributed by atoms with van der Waals surface area (Å²) in [5.74, 6) is -0.195. The van der Waals surface area contributed by atoms with Crippen LogP contribution in [0.3, 0.4) is 0 Å². The van der Waals surface area contributed by atoms with Crippen molar-refractivity contribution in [3.8, 4) is 6.07 Å². The Bertz CT molecular complexity index is 229. The van der Waals surface area contributed by atoms with Crippen LogP contribution in [0.25, 0.3) is 0 Å². The lowest BCUT2D eigenvalue weighted by atomic mass is 9.82. The molecule has 14 heavy (non-hydrogen) atoms. The molecule has 0 spiro atoms. The molecule has 80 valence electrons. The summed E-state index contributed by atoms with van der Waals surface area (Å²) in [7, 11) is 1.61. The molecule has 0 aromatic carbocycles. The largest absolute Gasteiger partial charge is 0.395 e. The van der Waals surface area contributed by atoms with E-state index in [2.05, 4.69) is 6.07 Å². The van der Waals surface area contributed by atoms with Gasteiger partial charge in [0, 0.05) is 13.6 Å². The van der Waals surface area contributed by atoms with E-state index in [0.717, 1.165) is 0 Å². The summed E-state index contributed by atoms with van der Waals surface area (Å²) in [5, 5.41) is 17.7. The molecule has 0 aliphatic carbocycles. The van der Waals surface area contributed by atoms with Gasteiger partial charge in [-0.3, -0.25) is 4.79 Å². The van der Waals surface area contributed by atoms with E-state index in [1.165, 1.54) is 4.90 Å². The lowest BCUT2D eigenvalue weighted by Crippen LogP contribution is -2.41. The minimum Gasteiger partial charge on any atom is -0.395 e. The molecule has 0 aromatic heterocycles. The van der Waals surface area contributed by atoms with Gasteiger partial charge < -0.3 is 10.0 Å². The average Bonchev–Trinajstić information content (AvgIpc) is 2.21. The Kier molecular flexibility index (Phi) is 5.18. The molecule has 0 aliphatic rings. The zero-order chi connectivity index (χ0) is 11.2. The first kappa shape index (κ1) is 12.9. The first-order valence-corrected chi connectivity index (χ1v) is 4.85. The van der Waals surface area contributed by atoms with Crippen LogP contribution in [0, 0.1) is 16.7 Å². The number of nitrogens with zero attached hydrogens (tertiary/aromatic N) is 2. The number of aliphatic hydroxyl groups is 1. The van der Waals surface area contributed by atoms with Gasteiger partial charge in [-0.2, -0.15) is 5.26 Å². The van der Waals surface area contributed by atoms with Gasteiger partial charge in [0.1, 0.15) is 5.41 Å². The molecule has 0 saturated carbocycles. The van der Waals surface area contributed by atoms with Gasteiger partial charge in [-0.05, 0) is 12.8 Å². The molecular weight excluding hydrogens is 180 g/mol. The number of hydrogen-bond acceptors (Lipinski definition) is 3. The van der Waals surface area contributed by atoms with E-state index in [4.69, 9.17) is 10.4 Å². The zero-order valence-corrected chi connectivity index (χ0v) is 9.08. The van der Waals surface area contributed by atoms with Crippen molar-refractivity contribution in [1.82, 2.24) is 4.90 Å². The molecule has 4 heteroatoms. The predicted molar refractivity (Wildman–Crippen MR) is 53.4 cm³/mol. The first-order chi connectivity index (χ1) is 6.57. The van der Waals surface area contributed by atoms with Crippen LogP contribution >= 0.6 is 0 Å². The molecule has 1 amide bonds. The predicted octanol–water partition coefficient (Wildman–Crippen LogP) is 0.767. The smallest absolute Gasteiger partial charge is 0.242 e. The summed E-state index contributed by atoms with van der Waals surface area (Å²) in [6, 6.07) is 2.08. The van der Waals surface area contributed by atoms with E-state index in [0.29, 0.717) is 12.8 Å². The number of carbonyl (C=O) groups excluding carboxylic acids is 1. The van der Waals surface area contributed by atoms with Crippen molar-refractivity contribution in [2.45, 2.75) is 26.7 Å². The van der Waals surface area contributed by atoms with Crippen LogP contribution in [-0.4, -0.2) is 36.1 Å². The highest BCUT2D eigenvalue weighted by atomic mass is 16.3. The van der Waals surface area contributed by atoms with Crippen LogP contribution in [0.1, 0.15) is 26.7 Å². The van der Waals surface area contributed by atoms with E-state index in [1.807, 2.05) is 13.8 Å². The van der Waals surface area contributed by atoms with Crippen molar-refractivity contribution in [2.75, 3.05) is 20.2 Å². The van der Waals surface area contributed by atoms with Gasteiger partial charge in [0.05, 0.1) is 12.7 Å². The van der Waals surface area contributed by atoms with Crippen LogP contribution in [0.2, 0.25) is 0 Å². The summed E-state index contributed by atoms with van der Waals surface area (Å²) in [6.45, 7) is 3.87. The number of rotatable bonds is 5. The van der Waals surface area contributed by atoms with Gasteiger partial charge in [0.2, 0.25) is 5.91 Å². The number of carbonyl (C=O) groups is 1. The zero-order valence-electron chi connectivity index (χ0n) is 9.08. The molecule has 0 aliphatic heterocycles. The van der Waals surface area contributed by atoms with Crippen LogP contribution in [-0.2, 0) is 4.79 Å². The number of likely N-dealkylation sites (N-methyl/N-ethyl adjacent to an activating group) is 1. The second kappa shape index (κ2) is 5.61. The summed E-state index contributed by atoms with van der Waals surface area (Å²) in [6.07, 6.45) is 1.02. The third-order valence-electron chi connectivity index (χ3n) is 2.61. The average molecular weight is 198 g/mol. The number of nitriles is 1. The molecule has 0 rings (SSSR count). The molecule has 4 nitrogen and oxygen atoms in total. The van der Waals surface area contributed by atoms with Gasteiger partial charge in [-0.1, -0.05) is 13.8 Å². The molecule has 0 atom stereocenters. The number of aliphatic hydroxyl groups excluding tert-OH is 1. The molecular formula is C10H18N2O2. The fourth-order valence-corrected chi connectivity index (χ4v) is 1.38. The maximum atomic E-state index is 11.8. The Balaban J connectivity index is 4.69. The third kappa shape index (κ3) is 2.46. The van der Waals surface area contributed by atoms with Crippen molar-refractivity contribution in [2.24, 2.45) is 5.41 Å². The fraction of sp³-hybridized carbons (Fsp3) is 0.800. The monoisotopic (exact) mass is 198 g/mol. The lowest BCUT2D eigenvalue weighted by Gasteiger charge is -2.27. The normalized spacial score (nSPS) is 10.8. The minimum atomic E-state index is -0.913. The molecule has 0 fully saturated rings. The van der Waals surface area contributed by atoms with Gasteiger partial charge in [-0.15, -0.1) is 0 Å². The van der Waals surface area contributed by atoms with Crippen molar-refractivity contribution in [3.05, 3.63) is 0 Å². The summed E-state index contributed by atoms with van der Waals surface area (Å²) in [5.41, 5.74) is -0.913. The second-order valence-corrected chi connectivity index (χ2v) is 3.35. The van der Waals surface area contributed by atoms with E-state index in [9.17, 15) is 4.79 Å². The van der Waals surface area contributed by atoms with Gasteiger partial charge in [0.15, 0.2) is 0 Å². The molecule has 1 N–H and O–H groups in total. The van der Waals surface area contributed by atoms with E-state index < -0.39 is 5.41 Å². The first-order valence-electron chi connectivity index (χ1n) is 4.85. The van der Waals surface area contributed by atoms with Crippen LogP contribution in [0.4, 0.5) is 0 Å². The second-order valence-electron chi connectivity index (χ2n) is 3.35. The Labute approximate surface area is 85.1 Å². The highest BCUT2D eigenvalue weighted by molar-refractivity contribution is 5.85. The van der Waals surface area contributed by atoms with Crippen LogP contribution in [0.5, 0.6) is 0 Å². The van der Waals surface area contributed by atoms with Crippen molar-refractivity contribution >= 4 is 5.91 Å². The number of amides is 1. The van der Waals surface area contributed by atoms with Crippen LogP contribution in [0.15, 0.2) is 0 Å². The van der Waals surface area contributed by atoms with Gasteiger partial charge in [0.25, 0.3) is 0 Å². The fourth-order valence-electron chi connectivity index (χ4n) is 1.38. The van der Waals surface area contributed by atoms with Gasteiger partial charge in [-0.25, -0.2) is 0 Å². The third-order valence-corrected chi connectivity index (χ3v) is 2.61. The van der Waals surface area contributed by atoms with E-state index in [1.54, 1.807) is 7.05 Å². The molecule has 0 radical (unpaired) electrons. The Morgan fingerprint density at radius 1 is 1.50 bits per heavy atom. The minimum absolute atomic E-state index is 0.0722. The lowest BCUT2D eigenvalue weighted by molar-refractivity contribution is -0.138. The molecule has 0 bridgehead atoms. The van der Waals surface area contributed by atoms with E-state index in [-0.39, 0.29) is 19.1 Å². The van der Waals surface area contributed by atoms with Gasteiger partial charge >= 0.3 is 0 Å². The molecule has 0 unspecified atom stereocenters. The maximum absolute atomic E-state index is 11.8. The quantitative estimate of drug-likeness (QED) is 0.709. The Morgan fingerprint density at radius 3 is 2.29 bits per heavy atom. The summed E-state index contributed by atoms with van der Waals surface area (Å²) >= 11 is 0. The highest BCUT2D eigenvalue weighted by Gasteiger charge is 2.36.